The van der Waals surface area contributed by atoms with Crippen LogP contribution in [0.4, 0.5) is 0 Å². The maximum Gasteiger partial charge on any atom is 0.244 e. The van der Waals surface area contributed by atoms with Crippen molar-refractivity contribution in [3.63, 3.8) is 0 Å². The van der Waals surface area contributed by atoms with Gasteiger partial charge in [-0.1, -0.05) is 43.0 Å². The molecule has 8 heteroatoms. The number of aryl methyl sites for hydroxylation is 3. The van der Waals surface area contributed by atoms with Crippen LogP contribution in [0.25, 0.3) is 0 Å². The minimum atomic E-state index is -3.86. The van der Waals surface area contributed by atoms with Crippen molar-refractivity contribution in [3.8, 4) is 11.5 Å². The smallest absolute Gasteiger partial charge is 0.244 e. The third-order valence-electron chi connectivity index (χ3n) is 6.74. The lowest BCUT2D eigenvalue weighted by atomic mass is 9.95. The van der Waals surface area contributed by atoms with Gasteiger partial charge >= 0.3 is 0 Å². The van der Waals surface area contributed by atoms with Crippen molar-refractivity contribution in [1.29, 1.82) is 0 Å². The van der Waals surface area contributed by atoms with E-state index in [1.165, 1.54) is 4.31 Å². The summed E-state index contributed by atoms with van der Waals surface area (Å²) in [5.74, 6) is 0.847. The minimum Gasteiger partial charge on any atom is -0.493 e. The number of rotatable bonds is 9. The van der Waals surface area contributed by atoms with Crippen LogP contribution in [-0.2, 0) is 14.8 Å². The number of benzene rings is 2. The molecule has 1 aliphatic carbocycles. The Morgan fingerprint density at radius 2 is 1.60 bits per heavy atom. The molecule has 2 aromatic rings. The third-order valence-corrected chi connectivity index (χ3v) is 8.94. The van der Waals surface area contributed by atoms with E-state index < -0.39 is 10.0 Å². The molecule has 35 heavy (non-hydrogen) atoms. The summed E-state index contributed by atoms with van der Waals surface area (Å²) >= 11 is 0. The van der Waals surface area contributed by atoms with Crippen molar-refractivity contribution in [3.05, 3.63) is 52.6 Å². The highest BCUT2D eigenvalue weighted by atomic mass is 32.2. The summed E-state index contributed by atoms with van der Waals surface area (Å²) in [6, 6.07) is 8.73. The van der Waals surface area contributed by atoms with Gasteiger partial charge in [0.15, 0.2) is 11.5 Å². The van der Waals surface area contributed by atoms with Crippen LogP contribution in [0.3, 0.4) is 0 Å². The van der Waals surface area contributed by atoms with Gasteiger partial charge in [0.05, 0.1) is 31.7 Å². The number of carbonyl (C=O) groups excluding carboxylic acids is 1. The molecule has 1 aliphatic rings. The van der Waals surface area contributed by atoms with Crippen molar-refractivity contribution >= 4 is 15.9 Å². The molecule has 0 spiro atoms. The van der Waals surface area contributed by atoms with Crippen LogP contribution < -0.4 is 14.8 Å². The summed E-state index contributed by atoms with van der Waals surface area (Å²) in [5, 5.41) is 2.98. The van der Waals surface area contributed by atoms with Gasteiger partial charge in [0.2, 0.25) is 15.9 Å². The Bertz CT molecular complexity index is 1130. The Morgan fingerprint density at radius 3 is 2.17 bits per heavy atom. The summed E-state index contributed by atoms with van der Waals surface area (Å²) in [5.41, 5.74) is 3.28. The van der Waals surface area contributed by atoms with Gasteiger partial charge < -0.3 is 14.8 Å². The van der Waals surface area contributed by atoms with Crippen LogP contribution in [0, 0.1) is 20.8 Å². The van der Waals surface area contributed by atoms with Gasteiger partial charge in [-0.05, 0) is 69.4 Å². The molecule has 3 rings (SSSR count). The standard InChI is InChI=1S/C27H38N2O5S/c1-18-14-19(2)27(20(3)15-18)35(31,32)29(23-10-8-7-9-11-23)17-26(30)28-21(4)22-12-13-24(33-5)25(16-22)34-6/h12-16,21,23H,7-11,17H2,1-6H3,(H,28,30). The van der Waals surface area contributed by atoms with Crippen LogP contribution in [0.5, 0.6) is 11.5 Å². The van der Waals surface area contributed by atoms with Gasteiger partial charge in [0.25, 0.3) is 0 Å². The van der Waals surface area contributed by atoms with E-state index in [2.05, 4.69) is 5.32 Å². The second kappa shape index (κ2) is 11.4. The van der Waals surface area contributed by atoms with Gasteiger partial charge in [-0.2, -0.15) is 4.31 Å². The average Bonchev–Trinajstić information content (AvgIpc) is 2.81. The van der Waals surface area contributed by atoms with E-state index in [-0.39, 0.29) is 24.5 Å². The molecule has 192 valence electrons. The van der Waals surface area contributed by atoms with Gasteiger partial charge in [-0.25, -0.2) is 8.42 Å². The predicted molar refractivity (Wildman–Crippen MR) is 138 cm³/mol. The third kappa shape index (κ3) is 6.16. The number of nitrogens with one attached hydrogen (secondary N) is 1. The molecule has 7 nitrogen and oxygen atoms in total. The molecule has 0 heterocycles. The first kappa shape index (κ1) is 27.0. The summed E-state index contributed by atoms with van der Waals surface area (Å²) in [6.45, 7) is 7.26. The molecule has 1 amide bonds. The van der Waals surface area contributed by atoms with Gasteiger partial charge in [0.1, 0.15) is 0 Å². The fourth-order valence-electron chi connectivity index (χ4n) is 5.10. The largest absolute Gasteiger partial charge is 0.493 e. The molecule has 1 unspecified atom stereocenters. The number of sulfonamides is 1. The zero-order valence-corrected chi connectivity index (χ0v) is 22.5. The van der Waals surface area contributed by atoms with Crippen molar-refractivity contribution in [2.45, 2.75) is 76.8 Å². The number of nitrogens with zero attached hydrogens (tertiary/aromatic N) is 1. The quantitative estimate of drug-likeness (QED) is 0.531. The van der Waals surface area contributed by atoms with Crippen LogP contribution in [0.2, 0.25) is 0 Å². The molecule has 1 fully saturated rings. The number of hydrogen-bond donors (Lipinski definition) is 1. The number of amides is 1. The van der Waals surface area contributed by atoms with Crippen molar-refractivity contribution in [2.24, 2.45) is 0 Å². The molecule has 2 aromatic carbocycles. The summed E-state index contributed by atoms with van der Waals surface area (Å²) < 4.78 is 40.0. The lowest BCUT2D eigenvalue weighted by molar-refractivity contribution is -0.122. The van der Waals surface area contributed by atoms with Crippen LogP contribution >= 0.6 is 0 Å². The van der Waals surface area contributed by atoms with Gasteiger partial charge in [-0.15, -0.1) is 0 Å². The first-order valence-corrected chi connectivity index (χ1v) is 13.6. The van der Waals surface area contributed by atoms with Gasteiger partial charge in [-0.3, -0.25) is 4.79 Å². The Hall–Kier alpha value is -2.58. The maximum atomic E-state index is 13.9. The fourth-order valence-corrected chi connectivity index (χ4v) is 7.16. The topological polar surface area (TPSA) is 84.9 Å². The summed E-state index contributed by atoms with van der Waals surface area (Å²) in [7, 11) is -0.726. The van der Waals surface area contributed by atoms with Crippen LogP contribution in [-0.4, -0.2) is 45.4 Å². The Labute approximate surface area is 209 Å². The van der Waals surface area contributed by atoms with E-state index in [4.69, 9.17) is 9.47 Å². The second-order valence-electron chi connectivity index (χ2n) is 9.47. The van der Waals surface area contributed by atoms with E-state index in [0.29, 0.717) is 27.5 Å². The fraction of sp³-hybridized carbons (Fsp3) is 0.519. The molecular weight excluding hydrogens is 464 g/mol. The maximum absolute atomic E-state index is 13.9. The molecule has 0 aromatic heterocycles. The van der Waals surface area contributed by atoms with Crippen LogP contribution in [0.15, 0.2) is 35.2 Å². The summed E-state index contributed by atoms with van der Waals surface area (Å²) in [4.78, 5) is 13.5. The molecule has 1 atom stereocenters. The normalized spacial score (nSPS) is 15.6. The molecule has 0 saturated heterocycles. The molecular formula is C27H38N2O5S. The van der Waals surface area contributed by atoms with E-state index in [0.717, 1.165) is 43.2 Å². The zero-order chi connectivity index (χ0) is 25.8. The number of hydrogen-bond acceptors (Lipinski definition) is 5. The molecule has 0 bridgehead atoms. The van der Waals surface area contributed by atoms with Crippen LogP contribution in [0.1, 0.15) is 67.3 Å². The second-order valence-corrected chi connectivity index (χ2v) is 11.3. The van der Waals surface area contributed by atoms with Crippen molar-refractivity contribution in [2.75, 3.05) is 20.8 Å². The number of methoxy groups -OCH3 is 2. The zero-order valence-electron chi connectivity index (χ0n) is 21.7. The molecule has 0 radical (unpaired) electrons. The highest BCUT2D eigenvalue weighted by Gasteiger charge is 2.36. The number of ether oxygens (including phenoxy) is 2. The van der Waals surface area contributed by atoms with E-state index in [1.54, 1.807) is 20.3 Å². The first-order valence-electron chi connectivity index (χ1n) is 12.2. The van der Waals surface area contributed by atoms with Crippen molar-refractivity contribution in [1.82, 2.24) is 9.62 Å². The Kier molecular flexibility index (Phi) is 8.83. The SMILES string of the molecule is COc1ccc(C(C)NC(=O)CN(C2CCCCC2)S(=O)(=O)c2c(C)cc(C)cc2C)cc1OC. The number of carbonyl (C=O) groups is 1. The minimum absolute atomic E-state index is 0.184. The molecule has 0 aliphatic heterocycles. The summed E-state index contributed by atoms with van der Waals surface area (Å²) in [6.07, 6.45) is 4.55. The lowest BCUT2D eigenvalue weighted by Crippen LogP contribution is -2.47. The molecule has 1 N–H and O–H groups in total. The predicted octanol–water partition coefficient (Wildman–Crippen LogP) is 4.83. The average molecular weight is 503 g/mol. The van der Waals surface area contributed by atoms with Crippen molar-refractivity contribution < 1.29 is 22.7 Å². The molecule has 1 saturated carbocycles. The Morgan fingerprint density at radius 1 is 1.00 bits per heavy atom. The Balaban J connectivity index is 1.87. The first-order chi connectivity index (χ1) is 16.6. The van der Waals surface area contributed by atoms with E-state index in [9.17, 15) is 13.2 Å². The van der Waals surface area contributed by atoms with Gasteiger partial charge in [0, 0.05) is 6.04 Å². The highest BCUT2D eigenvalue weighted by Crippen LogP contribution is 2.32. The monoisotopic (exact) mass is 502 g/mol. The highest BCUT2D eigenvalue weighted by molar-refractivity contribution is 7.89. The van der Waals surface area contributed by atoms with E-state index in [1.807, 2.05) is 52.0 Å². The lowest BCUT2D eigenvalue weighted by Gasteiger charge is -2.34. The van der Waals surface area contributed by atoms with E-state index >= 15 is 0 Å².